The number of hydrogen-bond donors (Lipinski definition) is 0. The van der Waals surface area contributed by atoms with Crippen molar-refractivity contribution in [2.75, 3.05) is 6.61 Å². The van der Waals surface area contributed by atoms with Crippen LogP contribution < -0.4 is 0 Å². The summed E-state index contributed by atoms with van der Waals surface area (Å²) in [5.41, 5.74) is 0.673. The highest BCUT2D eigenvalue weighted by Gasteiger charge is 2.76. The van der Waals surface area contributed by atoms with Gasteiger partial charge in [-0.2, -0.15) is 30.7 Å². The van der Waals surface area contributed by atoms with Crippen molar-refractivity contribution in [3.05, 3.63) is 35.9 Å². The van der Waals surface area contributed by atoms with E-state index in [0.29, 0.717) is 5.56 Å². The van der Waals surface area contributed by atoms with E-state index in [-0.39, 0.29) is 6.42 Å². The van der Waals surface area contributed by atoms with E-state index < -0.39 is 36.6 Å². The number of benzene rings is 1. The van der Waals surface area contributed by atoms with Crippen LogP contribution in [-0.4, -0.2) is 36.6 Å². The Bertz CT molecular complexity index is 553. The van der Waals surface area contributed by atoms with E-state index in [2.05, 4.69) is 9.73 Å². The van der Waals surface area contributed by atoms with Crippen LogP contribution in [0.2, 0.25) is 0 Å². The zero-order valence-corrected chi connectivity index (χ0v) is 10.9. The molecule has 0 spiro atoms. The van der Waals surface area contributed by atoms with E-state index in [1.165, 1.54) is 0 Å². The van der Waals surface area contributed by atoms with Gasteiger partial charge in [-0.05, 0) is 12.0 Å². The first kappa shape index (κ1) is 16.6. The third-order valence-electron chi connectivity index (χ3n) is 3.05. The summed E-state index contributed by atoms with van der Waals surface area (Å²) in [5, 5.41) is 0. The van der Waals surface area contributed by atoms with E-state index >= 15 is 0 Å². The van der Waals surface area contributed by atoms with Gasteiger partial charge in [-0.15, -0.1) is 0 Å². The number of nitrogens with zero attached hydrogens (tertiary/aromatic N) is 1. The van der Waals surface area contributed by atoms with Gasteiger partial charge in [0.1, 0.15) is 6.61 Å². The summed E-state index contributed by atoms with van der Waals surface area (Å²) in [5.74, 6) is -13.7. The van der Waals surface area contributed by atoms with Gasteiger partial charge in [0.25, 0.3) is 5.90 Å². The molecule has 0 N–H and O–H groups in total. The Morgan fingerprint density at radius 1 is 1.00 bits per heavy atom. The van der Waals surface area contributed by atoms with Crippen LogP contribution in [0, 0.1) is 0 Å². The Hall–Kier alpha value is -1.80. The molecule has 0 radical (unpaired) electrons. The van der Waals surface area contributed by atoms with Gasteiger partial charge in [-0.25, -0.2) is 4.99 Å². The monoisotopic (exact) mass is 329 g/mol. The Labute approximate surface area is 120 Å². The minimum Gasteiger partial charge on any atom is -0.474 e. The first-order valence-corrected chi connectivity index (χ1v) is 6.13. The van der Waals surface area contributed by atoms with Gasteiger partial charge in [-0.1, -0.05) is 30.3 Å². The van der Waals surface area contributed by atoms with Crippen molar-refractivity contribution in [1.29, 1.82) is 0 Å². The van der Waals surface area contributed by atoms with Gasteiger partial charge in [0.2, 0.25) is 0 Å². The molecule has 0 aliphatic carbocycles. The lowest BCUT2D eigenvalue weighted by Crippen LogP contribution is -2.56. The summed E-state index contributed by atoms with van der Waals surface area (Å²) in [6.07, 6.45) is -6.31. The van der Waals surface area contributed by atoms with Gasteiger partial charge in [0, 0.05) is 0 Å². The second-order valence-corrected chi connectivity index (χ2v) is 4.74. The average Bonchev–Trinajstić information content (AvgIpc) is 2.87. The Balaban J connectivity index is 2.18. The van der Waals surface area contributed by atoms with Crippen LogP contribution in [-0.2, 0) is 11.2 Å². The standard InChI is InChI=1S/C13H10F7NO/c14-11(15,12(16,17)13(18,19)20)10-21-9(7-22-10)6-8-4-2-1-3-5-8/h1-5,9H,6-7H2/t9-/m0/s1. The van der Waals surface area contributed by atoms with Gasteiger partial charge < -0.3 is 4.74 Å². The number of ether oxygens (including phenoxy) is 1. The number of rotatable bonds is 4. The fraction of sp³-hybridized carbons (Fsp3) is 0.462. The van der Waals surface area contributed by atoms with E-state index in [9.17, 15) is 30.7 Å². The first-order chi connectivity index (χ1) is 10.1. The van der Waals surface area contributed by atoms with Gasteiger partial charge in [-0.3, -0.25) is 0 Å². The molecule has 0 amide bonds. The number of halogens is 7. The highest BCUT2D eigenvalue weighted by Crippen LogP contribution is 2.47. The minimum absolute atomic E-state index is 0.0952. The SMILES string of the molecule is FC(F)(F)C(F)(F)C(F)(F)C1=N[C@@H](Cc2ccccc2)CO1. The summed E-state index contributed by atoms with van der Waals surface area (Å²) >= 11 is 0. The molecule has 0 fully saturated rings. The predicted molar refractivity (Wildman–Crippen MR) is 63.3 cm³/mol. The van der Waals surface area contributed by atoms with Gasteiger partial charge in [0.15, 0.2) is 0 Å². The van der Waals surface area contributed by atoms with Crippen LogP contribution in [0.1, 0.15) is 5.56 Å². The maximum Gasteiger partial charge on any atom is 0.460 e. The van der Waals surface area contributed by atoms with Crippen molar-refractivity contribution < 1.29 is 35.5 Å². The van der Waals surface area contributed by atoms with Crippen molar-refractivity contribution in [3.8, 4) is 0 Å². The van der Waals surface area contributed by atoms with Gasteiger partial charge in [0.05, 0.1) is 6.04 Å². The van der Waals surface area contributed by atoms with E-state index in [0.717, 1.165) is 0 Å². The van der Waals surface area contributed by atoms with Crippen molar-refractivity contribution in [2.24, 2.45) is 4.99 Å². The summed E-state index contributed by atoms with van der Waals surface area (Å²) in [6.45, 7) is -0.478. The summed E-state index contributed by atoms with van der Waals surface area (Å²) in [7, 11) is 0. The molecule has 2 nitrogen and oxygen atoms in total. The number of hydrogen-bond acceptors (Lipinski definition) is 2. The predicted octanol–water partition coefficient (Wildman–Crippen LogP) is 3.86. The van der Waals surface area contributed by atoms with Crippen LogP contribution in [0.3, 0.4) is 0 Å². The number of alkyl halides is 7. The lowest BCUT2D eigenvalue weighted by atomic mass is 10.1. The molecule has 1 aliphatic heterocycles. The zero-order chi connectivity index (χ0) is 16.6. The van der Waals surface area contributed by atoms with Crippen LogP contribution in [0.4, 0.5) is 30.7 Å². The summed E-state index contributed by atoms with van der Waals surface area (Å²) in [6, 6.07) is 7.41. The van der Waals surface area contributed by atoms with Crippen LogP contribution >= 0.6 is 0 Å². The summed E-state index contributed by atoms with van der Waals surface area (Å²) < 4.78 is 93.1. The smallest absolute Gasteiger partial charge is 0.460 e. The van der Waals surface area contributed by atoms with Crippen LogP contribution in [0.15, 0.2) is 35.3 Å². The molecular weight excluding hydrogens is 319 g/mol. The zero-order valence-electron chi connectivity index (χ0n) is 10.9. The van der Waals surface area contributed by atoms with E-state index in [1.54, 1.807) is 30.3 Å². The summed E-state index contributed by atoms with van der Waals surface area (Å²) in [4.78, 5) is 3.20. The van der Waals surface area contributed by atoms with Crippen molar-refractivity contribution in [2.45, 2.75) is 30.5 Å². The topological polar surface area (TPSA) is 21.6 Å². The molecule has 0 bridgehead atoms. The Morgan fingerprint density at radius 3 is 2.14 bits per heavy atom. The third kappa shape index (κ3) is 2.89. The molecule has 1 aromatic carbocycles. The lowest BCUT2D eigenvalue weighted by Gasteiger charge is -2.27. The average molecular weight is 329 g/mol. The molecule has 22 heavy (non-hydrogen) atoms. The maximum atomic E-state index is 13.4. The Kier molecular flexibility index (Phi) is 4.09. The van der Waals surface area contributed by atoms with Crippen LogP contribution in [0.25, 0.3) is 0 Å². The molecule has 1 aliphatic rings. The Morgan fingerprint density at radius 2 is 1.59 bits per heavy atom. The molecule has 0 saturated carbocycles. The van der Waals surface area contributed by atoms with E-state index in [1.807, 2.05) is 0 Å². The molecule has 0 unspecified atom stereocenters. The fourth-order valence-corrected chi connectivity index (χ4v) is 1.89. The molecule has 122 valence electrons. The van der Waals surface area contributed by atoms with Crippen molar-refractivity contribution in [1.82, 2.24) is 0 Å². The molecule has 1 atom stereocenters. The molecule has 0 saturated heterocycles. The maximum absolute atomic E-state index is 13.4. The molecule has 1 heterocycles. The molecule has 9 heteroatoms. The third-order valence-corrected chi connectivity index (χ3v) is 3.05. The molecule has 2 rings (SSSR count). The van der Waals surface area contributed by atoms with Crippen LogP contribution in [0.5, 0.6) is 0 Å². The van der Waals surface area contributed by atoms with Gasteiger partial charge >= 0.3 is 18.0 Å². The second-order valence-electron chi connectivity index (χ2n) is 4.74. The second kappa shape index (κ2) is 5.44. The molecule has 0 aromatic heterocycles. The highest BCUT2D eigenvalue weighted by atomic mass is 19.4. The van der Waals surface area contributed by atoms with Crippen molar-refractivity contribution in [3.63, 3.8) is 0 Å². The number of aliphatic imine (C=N–C) groups is 1. The molecule has 1 aromatic rings. The normalized spacial score (nSPS) is 19.8. The highest BCUT2D eigenvalue weighted by molar-refractivity contribution is 5.86. The van der Waals surface area contributed by atoms with E-state index in [4.69, 9.17) is 0 Å². The fourth-order valence-electron chi connectivity index (χ4n) is 1.89. The lowest BCUT2D eigenvalue weighted by molar-refractivity contribution is -0.338. The minimum atomic E-state index is -6.40. The van der Waals surface area contributed by atoms with Crippen molar-refractivity contribution >= 4 is 5.90 Å². The largest absolute Gasteiger partial charge is 0.474 e. The first-order valence-electron chi connectivity index (χ1n) is 6.13. The quantitative estimate of drug-likeness (QED) is 0.769. The molecular formula is C13H10F7NO.